The van der Waals surface area contributed by atoms with Crippen LogP contribution in [0.25, 0.3) is 0 Å². The molecule has 0 saturated carbocycles. The van der Waals surface area contributed by atoms with Crippen LogP contribution in [0.5, 0.6) is 0 Å². The van der Waals surface area contributed by atoms with E-state index in [1.165, 1.54) is 5.56 Å². The Morgan fingerprint density at radius 2 is 2.16 bits per heavy atom. The zero-order chi connectivity index (χ0) is 13.8. The number of hydrogen-bond donors (Lipinski definition) is 1. The second kappa shape index (κ2) is 5.87. The lowest BCUT2D eigenvalue weighted by Gasteiger charge is -2.29. The quantitative estimate of drug-likeness (QED) is 0.908. The van der Waals surface area contributed by atoms with Crippen LogP contribution in [-0.4, -0.2) is 18.4 Å². The van der Waals surface area contributed by atoms with Crippen LogP contribution in [0.4, 0.5) is 11.4 Å². The normalized spacial score (nSPS) is 13.9. The van der Waals surface area contributed by atoms with E-state index < -0.39 is 0 Å². The fourth-order valence-electron chi connectivity index (χ4n) is 2.43. The molecule has 1 aromatic rings. The van der Waals surface area contributed by atoms with Gasteiger partial charge in [-0.25, -0.2) is 0 Å². The third kappa shape index (κ3) is 3.13. The van der Waals surface area contributed by atoms with E-state index in [0.29, 0.717) is 6.42 Å². The summed E-state index contributed by atoms with van der Waals surface area (Å²) in [5.41, 5.74) is 2.88. The van der Waals surface area contributed by atoms with Gasteiger partial charge in [0.15, 0.2) is 0 Å². The van der Waals surface area contributed by atoms with Crippen LogP contribution in [0.1, 0.15) is 38.7 Å². The molecule has 0 aromatic heterocycles. The summed E-state index contributed by atoms with van der Waals surface area (Å²) >= 11 is 0. The molecule has 0 saturated heterocycles. The molecule has 0 aliphatic carbocycles. The number of aryl methyl sites for hydroxylation is 1. The van der Waals surface area contributed by atoms with Crippen molar-refractivity contribution >= 4 is 23.2 Å². The van der Waals surface area contributed by atoms with Crippen LogP contribution < -0.4 is 10.2 Å². The summed E-state index contributed by atoms with van der Waals surface area (Å²) < 4.78 is 0. The van der Waals surface area contributed by atoms with Crippen LogP contribution in [-0.2, 0) is 16.0 Å². The second-order valence-corrected chi connectivity index (χ2v) is 4.92. The minimum absolute atomic E-state index is 0.0210. The van der Waals surface area contributed by atoms with Crippen molar-refractivity contribution < 1.29 is 9.59 Å². The fraction of sp³-hybridized carbons (Fsp3) is 0.467. The van der Waals surface area contributed by atoms with Gasteiger partial charge in [-0.1, -0.05) is 13.0 Å². The predicted molar refractivity (Wildman–Crippen MR) is 76.3 cm³/mol. The molecule has 102 valence electrons. The molecule has 1 aliphatic rings. The maximum atomic E-state index is 11.6. The van der Waals surface area contributed by atoms with Gasteiger partial charge in [-0.05, 0) is 37.0 Å². The van der Waals surface area contributed by atoms with Crippen molar-refractivity contribution in [1.29, 1.82) is 0 Å². The molecule has 0 spiro atoms. The molecule has 4 heteroatoms. The predicted octanol–water partition coefficient (Wildman–Crippen LogP) is 2.72. The highest BCUT2D eigenvalue weighted by Gasteiger charge is 2.20. The Kier molecular flexibility index (Phi) is 4.20. The van der Waals surface area contributed by atoms with Crippen LogP contribution in [0, 0.1) is 0 Å². The lowest BCUT2D eigenvalue weighted by atomic mass is 10.0. The van der Waals surface area contributed by atoms with Gasteiger partial charge < -0.3 is 10.2 Å². The van der Waals surface area contributed by atoms with Gasteiger partial charge in [0.1, 0.15) is 0 Å². The molecule has 1 aromatic carbocycles. The molecule has 1 N–H and O–H groups in total. The number of nitrogens with zero attached hydrogens (tertiary/aromatic N) is 1. The van der Waals surface area contributed by atoms with Crippen molar-refractivity contribution in [3.63, 3.8) is 0 Å². The van der Waals surface area contributed by atoms with Crippen molar-refractivity contribution in [1.82, 2.24) is 0 Å². The highest BCUT2D eigenvalue weighted by molar-refractivity contribution is 5.95. The largest absolute Gasteiger partial charge is 0.326 e. The average Bonchev–Trinajstić information content (AvgIpc) is 2.38. The van der Waals surface area contributed by atoms with Gasteiger partial charge >= 0.3 is 0 Å². The summed E-state index contributed by atoms with van der Waals surface area (Å²) in [5, 5.41) is 2.88. The smallest absolute Gasteiger partial charge is 0.224 e. The Morgan fingerprint density at radius 1 is 1.37 bits per heavy atom. The van der Waals surface area contributed by atoms with Crippen LogP contribution in [0.15, 0.2) is 18.2 Å². The third-order valence-corrected chi connectivity index (χ3v) is 3.34. The first-order chi connectivity index (χ1) is 9.11. The zero-order valence-corrected chi connectivity index (χ0v) is 11.5. The van der Waals surface area contributed by atoms with Crippen LogP contribution in [0.2, 0.25) is 0 Å². The van der Waals surface area contributed by atoms with Crippen molar-refractivity contribution in [2.75, 3.05) is 16.8 Å². The van der Waals surface area contributed by atoms with Crippen LogP contribution in [0.3, 0.4) is 0 Å². The van der Waals surface area contributed by atoms with E-state index in [0.717, 1.165) is 37.2 Å². The number of carbonyl (C=O) groups excluding carboxylic acids is 2. The topological polar surface area (TPSA) is 49.4 Å². The number of amides is 2. The first-order valence-electron chi connectivity index (χ1n) is 6.82. The number of nitrogens with one attached hydrogen (secondary N) is 1. The lowest BCUT2D eigenvalue weighted by Crippen LogP contribution is -2.33. The molecule has 0 radical (unpaired) electrons. The number of anilines is 2. The number of rotatable bonds is 3. The molecule has 2 rings (SSSR count). The summed E-state index contributed by atoms with van der Waals surface area (Å²) in [5.74, 6) is 0.0746. The Balaban J connectivity index is 2.23. The Labute approximate surface area is 113 Å². The minimum atomic E-state index is 0.0210. The summed E-state index contributed by atoms with van der Waals surface area (Å²) in [4.78, 5) is 25.0. The van der Waals surface area contributed by atoms with Gasteiger partial charge in [0.25, 0.3) is 0 Å². The van der Waals surface area contributed by atoms with Crippen molar-refractivity contribution in [3.05, 3.63) is 23.8 Å². The summed E-state index contributed by atoms with van der Waals surface area (Å²) in [6.45, 7) is 4.32. The Hall–Kier alpha value is -1.84. The van der Waals surface area contributed by atoms with Gasteiger partial charge in [0.2, 0.25) is 11.8 Å². The second-order valence-electron chi connectivity index (χ2n) is 4.92. The molecule has 4 nitrogen and oxygen atoms in total. The fourth-order valence-corrected chi connectivity index (χ4v) is 2.43. The average molecular weight is 260 g/mol. The summed E-state index contributed by atoms with van der Waals surface area (Å²) in [7, 11) is 0. The SMILES string of the molecule is CCCC(=O)Nc1ccc2c(c1)N(C(C)=O)CCC2. The van der Waals surface area contributed by atoms with Gasteiger partial charge in [-0.3, -0.25) is 9.59 Å². The first-order valence-corrected chi connectivity index (χ1v) is 6.82. The molecule has 0 fully saturated rings. The Bertz CT molecular complexity index is 497. The van der Waals surface area contributed by atoms with E-state index in [-0.39, 0.29) is 11.8 Å². The van der Waals surface area contributed by atoms with E-state index in [2.05, 4.69) is 5.32 Å². The number of hydrogen-bond acceptors (Lipinski definition) is 2. The molecular weight excluding hydrogens is 240 g/mol. The standard InChI is InChI=1S/C15H20N2O2/c1-3-5-15(19)16-13-8-7-12-6-4-9-17(11(2)18)14(12)10-13/h7-8,10H,3-6,9H2,1-2H3,(H,16,19). The molecule has 0 unspecified atom stereocenters. The summed E-state index contributed by atoms with van der Waals surface area (Å²) in [6, 6.07) is 5.82. The monoisotopic (exact) mass is 260 g/mol. The molecule has 0 bridgehead atoms. The van der Waals surface area contributed by atoms with E-state index in [9.17, 15) is 9.59 Å². The summed E-state index contributed by atoms with van der Waals surface area (Å²) in [6.07, 6.45) is 3.33. The van der Waals surface area contributed by atoms with Gasteiger partial charge in [0, 0.05) is 31.3 Å². The van der Waals surface area contributed by atoms with Crippen molar-refractivity contribution in [2.24, 2.45) is 0 Å². The molecule has 1 heterocycles. The first kappa shape index (κ1) is 13.6. The molecule has 0 atom stereocenters. The van der Waals surface area contributed by atoms with Crippen LogP contribution >= 0.6 is 0 Å². The van der Waals surface area contributed by atoms with Crippen molar-refractivity contribution in [3.8, 4) is 0 Å². The number of carbonyl (C=O) groups is 2. The van der Waals surface area contributed by atoms with Gasteiger partial charge in [-0.2, -0.15) is 0 Å². The molecular formula is C15H20N2O2. The van der Waals surface area contributed by atoms with E-state index in [4.69, 9.17) is 0 Å². The van der Waals surface area contributed by atoms with E-state index in [1.54, 1.807) is 11.8 Å². The number of fused-ring (bicyclic) bond motifs is 1. The number of benzene rings is 1. The minimum Gasteiger partial charge on any atom is -0.326 e. The zero-order valence-electron chi connectivity index (χ0n) is 11.5. The highest BCUT2D eigenvalue weighted by atomic mass is 16.2. The van der Waals surface area contributed by atoms with Gasteiger partial charge in [0.05, 0.1) is 0 Å². The molecule has 2 amide bonds. The van der Waals surface area contributed by atoms with Gasteiger partial charge in [-0.15, -0.1) is 0 Å². The Morgan fingerprint density at radius 3 is 2.84 bits per heavy atom. The lowest BCUT2D eigenvalue weighted by molar-refractivity contribution is -0.117. The van der Waals surface area contributed by atoms with E-state index in [1.807, 2.05) is 25.1 Å². The molecule has 1 aliphatic heterocycles. The third-order valence-electron chi connectivity index (χ3n) is 3.34. The van der Waals surface area contributed by atoms with Crippen molar-refractivity contribution in [2.45, 2.75) is 39.5 Å². The highest BCUT2D eigenvalue weighted by Crippen LogP contribution is 2.30. The maximum Gasteiger partial charge on any atom is 0.224 e. The molecule has 19 heavy (non-hydrogen) atoms. The maximum absolute atomic E-state index is 11.6. The van der Waals surface area contributed by atoms with E-state index >= 15 is 0 Å².